The van der Waals surface area contributed by atoms with Crippen LogP contribution in [0.2, 0.25) is 0 Å². The van der Waals surface area contributed by atoms with Crippen LogP contribution in [0.3, 0.4) is 0 Å². The first kappa shape index (κ1) is 20.3. The molecule has 1 N–H and O–H groups in total. The molecule has 0 saturated carbocycles. The largest absolute Gasteiger partial charge is 0.491 e. The standard InChI is InChI=1S/C18H15BrF3N3O3/c19-14-10-24-17(25-15(14)28-16(26)18(20,21)22)27-13-3-1-2-12(9-13)8-11-4-6-23-7-5-11/h1-3,8-10,23H,4-7H2. The van der Waals surface area contributed by atoms with Gasteiger partial charge in [-0.3, -0.25) is 0 Å². The van der Waals surface area contributed by atoms with Crippen molar-refractivity contribution in [2.75, 3.05) is 13.1 Å². The van der Waals surface area contributed by atoms with E-state index in [2.05, 4.69) is 42.0 Å². The number of carbonyl (C=O) groups excluding carboxylic acids is 1. The summed E-state index contributed by atoms with van der Waals surface area (Å²) in [6.07, 6.45) is 0.0143. The van der Waals surface area contributed by atoms with Crippen LogP contribution in [-0.2, 0) is 4.79 Å². The summed E-state index contributed by atoms with van der Waals surface area (Å²) in [5.74, 6) is -2.56. The van der Waals surface area contributed by atoms with Gasteiger partial charge in [0.15, 0.2) is 0 Å². The van der Waals surface area contributed by atoms with Crippen LogP contribution in [0.1, 0.15) is 18.4 Å². The molecule has 0 aliphatic carbocycles. The summed E-state index contributed by atoms with van der Waals surface area (Å²) in [6.45, 7) is 1.88. The Morgan fingerprint density at radius 1 is 1.25 bits per heavy atom. The van der Waals surface area contributed by atoms with E-state index in [1.807, 2.05) is 6.07 Å². The maximum atomic E-state index is 12.4. The van der Waals surface area contributed by atoms with Gasteiger partial charge in [-0.25, -0.2) is 9.78 Å². The molecule has 0 radical (unpaired) electrons. The molecule has 1 aromatic heterocycles. The molecule has 1 fully saturated rings. The molecule has 3 rings (SSSR count). The maximum Gasteiger partial charge on any atom is 0.491 e. The SMILES string of the molecule is O=C(Oc1nc(Oc2cccc(C=C3CCNCC3)c2)ncc1Br)C(F)(F)F. The van der Waals surface area contributed by atoms with Gasteiger partial charge in [0, 0.05) is 0 Å². The third-order valence-corrected chi connectivity index (χ3v) is 4.34. The molecule has 1 aromatic carbocycles. The van der Waals surface area contributed by atoms with Crippen molar-refractivity contribution in [3.05, 3.63) is 46.1 Å². The molecule has 1 saturated heterocycles. The number of ether oxygens (including phenoxy) is 2. The smallest absolute Gasteiger partial charge is 0.424 e. The molecule has 1 aliphatic rings. The summed E-state index contributed by atoms with van der Waals surface area (Å²) in [7, 11) is 0. The van der Waals surface area contributed by atoms with Crippen LogP contribution in [0.4, 0.5) is 13.2 Å². The molecular formula is C18H15BrF3N3O3. The highest BCUT2D eigenvalue weighted by Crippen LogP contribution is 2.28. The summed E-state index contributed by atoms with van der Waals surface area (Å²) in [5.41, 5.74) is 2.24. The molecule has 10 heteroatoms. The number of halogens is 4. The van der Waals surface area contributed by atoms with Crippen LogP contribution in [0.15, 0.2) is 40.5 Å². The Morgan fingerprint density at radius 3 is 2.71 bits per heavy atom. The highest BCUT2D eigenvalue weighted by molar-refractivity contribution is 9.10. The average molecular weight is 458 g/mol. The van der Waals surface area contributed by atoms with Crippen molar-refractivity contribution < 1.29 is 27.4 Å². The van der Waals surface area contributed by atoms with Crippen molar-refractivity contribution in [2.45, 2.75) is 19.0 Å². The van der Waals surface area contributed by atoms with E-state index < -0.39 is 18.0 Å². The van der Waals surface area contributed by atoms with Crippen LogP contribution < -0.4 is 14.8 Å². The first-order chi connectivity index (χ1) is 13.3. The molecule has 0 amide bonds. The second-order valence-electron chi connectivity index (χ2n) is 5.92. The second kappa shape index (κ2) is 8.70. The molecule has 2 heterocycles. The van der Waals surface area contributed by atoms with Gasteiger partial charge >= 0.3 is 18.2 Å². The highest BCUT2D eigenvalue weighted by Gasteiger charge is 2.42. The second-order valence-corrected chi connectivity index (χ2v) is 6.77. The number of hydrogen-bond acceptors (Lipinski definition) is 6. The van der Waals surface area contributed by atoms with E-state index in [0.717, 1.165) is 37.7 Å². The summed E-state index contributed by atoms with van der Waals surface area (Å²) in [5, 5.41) is 3.28. The van der Waals surface area contributed by atoms with Gasteiger partial charge < -0.3 is 14.8 Å². The van der Waals surface area contributed by atoms with Crippen molar-refractivity contribution in [2.24, 2.45) is 0 Å². The van der Waals surface area contributed by atoms with Crippen molar-refractivity contribution in [1.29, 1.82) is 0 Å². The van der Waals surface area contributed by atoms with Crippen molar-refractivity contribution in [3.8, 4) is 17.6 Å². The van der Waals surface area contributed by atoms with E-state index in [0.29, 0.717) is 5.75 Å². The minimum Gasteiger partial charge on any atom is -0.424 e. The predicted octanol–water partition coefficient (Wildman–Crippen LogP) is 4.27. The first-order valence-electron chi connectivity index (χ1n) is 8.31. The zero-order valence-electron chi connectivity index (χ0n) is 14.4. The van der Waals surface area contributed by atoms with Crippen molar-refractivity contribution >= 4 is 28.0 Å². The quantitative estimate of drug-likeness (QED) is 0.691. The lowest BCUT2D eigenvalue weighted by Crippen LogP contribution is -2.28. The normalized spacial score (nSPS) is 14.5. The molecular weight excluding hydrogens is 443 g/mol. The molecule has 0 atom stereocenters. The van der Waals surface area contributed by atoms with Crippen molar-refractivity contribution in [3.63, 3.8) is 0 Å². The van der Waals surface area contributed by atoms with E-state index in [9.17, 15) is 18.0 Å². The Labute approximate surface area is 166 Å². The number of aromatic nitrogens is 2. The Morgan fingerprint density at radius 2 is 2.00 bits per heavy atom. The van der Waals surface area contributed by atoms with Gasteiger partial charge in [0.1, 0.15) is 5.75 Å². The van der Waals surface area contributed by atoms with Gasteiger partial charge in [0.05, 0.1) is 10.7 Å². The third kappa shape index (κ3) is 5.52. The number of benzene rings is 1. The number of rotatable bonds is 4. The Kier molecular flexibility index (Phi) is 6.30. The minimum absolute atomic E-state index is 0.0122. The van der Waals surface area contributed by atoms with Gasteiger partial charge in [-0.05, 0) is 59.6 Å². The lowest BCUT2D eigenvalue weighted by Gasteiger charge is -2.15. The number of nitrogens with one attached hydrogen (secondary N) is 1. The lowest BCUT2D eigenvalue weighted by molar-refractivity contribution is -0.190. The van der Waals surface area contributed by atoms with E-state index in [4.69, 9.17) is 4.74 Å². The van der Waals surface area contributed by atoms with Gasteiger partial charge in [-0.2, -0.15) is 18.2 Å². The molecule has 2 aromatic rings. The summed E-state index contributed by atoms with van der Waals surface area (Å²) in [6, 6.07) is 6.88. The first-order valence-corrected chi connectivity index (χ1v) is 9.10. The number of hydrogen-bond donors (Lipinski definition) is 1. The molecule has 1 aliphatic heterocycles. The van der Waals surface area contributed by atoms with Crippen LogP contribution in [0.25, 0.3) is 6.08 Å². The monoisotopic (exact) mass is 457 g/mol. The fourth-order valence-corrected chi connectivity index (χ4v) is 2.78. The number of piperidine rings is 1. The molecule has 148 valence electrons. The van der Waals surface area contributed by atoms with Crippen LogP contribution >= 0.6 is 15.9 Å². The van der Waals surface area contributed by atoms with E-state index >= 15 is 0 Å². The van der Waals surface area contributed by atoms with Gasteiger partial charge in [-0.15, -0.1) is 0 Å². The lowest BCUT2D eigenvalue weighted by atomic mass is 10.0. The van der Waals surface area contributed by atoms with Gasteiger partial charge in [0.2, 0.25) is 5.88 Å². The summed E-state index contributed by atoms with van der Waals surface area (Å²) < 4.78 is 46.9. The number of esters is 1. The minimum atomic E-state index is -5.14. The van der Waals surface area contributed by atoms with Gasteiger partial charge in [0.25, 0.3) is 0 Å². The molecule has 0 bridgehead atoms. The topological polar surface area (TPSA) is 73.3 Å². The Balaban J connectivity index is 1.76. The average Bonchev–Trinajstić information content (AvgIpc) is 2.65. The zero-order valence-corrected chi connectivity index (χ0v) is 16.0. The van der Waals surface area contributed by atoms with Crippen LogP contribution in [0, 0.1) is 0 Å². The van der Waals surface area contributed by atoms with Crippen molar-refractivity contribution in [1.82, 2.24) is 15.3 Å². The summed E-state index contributed by atoms with van der Waals surface area (Å²) in [4.78, 5) is 18.6. The van der Waals surface area contributed by atoms with E-state index in [1.165, 1.54) is 5.57 Å². The molecule has 0 spiro atoms. The molecule has 0 unspecified atom stereocenters. The van der Waals surface area contributed by atoms with Crippen LogP contribution in [0.5, 0.6) is 17.6 Å². The fourth-order valence-electron chi connectivity index (χ4n) is 2.50. The van der Waals surface area contributed by atoms with Gasteiger partial charge in [-0.1, -0.05) is 23.8 Å². The predicted molar refractivity (Wildman–Crippen MR) is 98.0 cm³/mol. The Bertz CT molecular complexity index is 895. The number of carbonyl (C=O) groups is 1. The zero-order chi connectivity index (χ0) is 20.1. The number of nitrogens with zero attached hydrogens (tertiary/aromatic N) is 2. The number of alkyl halides is 3. The fraction of sp³-hybridized carbons (Fsp3) is 0.278. The Hall–Kier alpha value is -2.46. The third-order valence-electron chi connectivity index (χ3n) is 3.79. The van der Waals surface area contributed by atoms with E-state index in [-0.39, 0.29) is 10.5 Å². The summed E-state index contributed by atoms with van der Waals surface area (Å²) >= 11 is 2.94. The highest BCUT2D eigenvalue weighted by atomic mass is 79.9. The molecule has 28 heavy (non-hydrogen) atoms. The van der Waals surface area contributed by atoms with E-state index in [1.54, 1.807) is 18.2 Å². The van der Waals surface area contributed by atoms with Crippen LogP contribution in [-0.4, -0.2) is 35.2 Å². The molecule has 6 nitrogen and oxygen atoms in total. The maximum absolute atomic E-state index is 12.4.